The zero-order valence-corrected chi connectivity index (χ0v) is 6.51. The Morgan fingerprint density at radius 1 is 1.42 bits per heavy atom. The molecule has 68 valence electrons. The number of rotatable bonds is 2. The smallest absolute Gasteiger partial charge is 0.118 e. The van der Waals surface area contributed by atoms with Gasteiger partial charge < -0.3 is 20.4 Å². The number of aliphatic hydroxyl groups is 4. The topological polar surface area (TPSA) is 80.9 Å². The van der Waals surface area contributed by atoms with Crippen molar-refractivity contribution in [1.29, 1.82) is 0 Å². The third-order valence-corrected chi connectivity index (χ3v) is 2.05. The summed E-state index contributed by atoms with van der Waals surface area (Å²) in [5.41, 5.74) is -1.53. The van der Waals surface area contributed by atoms with Gasteiger partial charge in [0, 0.05) is 0 Å². The summed E-state index contributed by atoms with van der Waals surface area (Å²) >= 11 is 0. The molecular weight excluding hydrogens is 160 g/mol. The van der Waals surface area contributed by atoms with Crippen LogP contribution in [0.1, 0.15) is 0 Å². The first kappa shape index (κ1) is 9.25. The minimum atomic E-state index is -1.53. The van der Waals surface area contributed by atoms with Crippen LogP contribution in [0.4, 0.5) is 0 Å². The van der Waals surface area contributed by atoms with E-state index in [9.17, 15) is 10.2 Å². The summed E-state index contributed by atoms with van der Waals surface area (Å²) in [7, 11) is 0. The summed E-state index contributed by atoms with van der Waals surface area (Å²) in [4.78, 5) is 0. The molecule has 0 aromatic rings. The molecule has 0 radical (unpaired) electrons. The third kappa shape index (κ3) is 1.36. The van der Waals surface area contributed by atoms with Crippen molar-refractivity contribution in [2.45, 2.75) is 5.60 Å². The third-order valence-electron chi connectivity index (χ3n) is 2.05. The van der Waals surface area contributed by atoms with E-state index in [0.717, 1.165) is 0 Å². The van der Waals surface area contributed by atoms with Crippen molar-refractivity contribution in [3.8, 4) is 0 Å². The Bertz CT molecular complexity index is 221. The molecule has 0 aliphatic heterocycles. The summed E-state index contributed by atoms with van der Waals surface area (Å²) < 4.78 is 0. The van der Waals surface area contributed by atoms with Gasteiger partial charge in [-0.25, -0.2) is 0 Å². The monoisotopic (exact) mass is 172 g/mol. The van der Waals surface area contributed by atoms with Gasteiger partial charge in [-0.1, -0.05) is 6.08 Å². The number of allylic oxidation sites excluding steroid dienone is 2. The summed E-state index contributed by atoms with van der Waals surface area (Å²) in [5, 5.41) is 36.5. The molecule has 0 heterocycles. The van der Waals surface area contributed by atoms with E-state index in [1.807, 2.05) is 0 Å². The highest BCUT2D eigenvalue weighted by atomic mass is 16.3. The lowest BCUT2D eigenvalue weighted by molar-refractivity contribution is -0.0404. The molecule has 4 heteroatoms. The van der Waals surface area contributed by atoms with E-state index >= 15 is 0 Å². The maximum atomic E-state index is 9.61. The van der Waals surface area contributed by atoms with Crippen molar-refractivity contribution in [1.82, 2.24) is 0 Å². The van der Waals surface area contributed by atoms with Gasteiger partial charge in [0.15, 0.2) is 0 Å². The minimum absolute atomic E-state index is 0.114. The summed E-state index contributed by atoms with van der Waals surface area (Å²) in [6.07, 6.45) is 4.18. The molecule has 12 heavy (non-hydrogen) atoms. The van der Waals surface area contributed by atoms with Crippen LogP contribution in [0.5, 0.6) is 0 Å². The van der Waals surface area contributed by atoms with Crippen molar-refractivity contribution >= 4 is 0 Å². The first-order valence-electron chi connectivity index (χ1n) is 3.66. The lowest BCUT2D eigenvalue weighted by Crippen LogP contribution is -2.43. The molecule has 0 saturated heterocycles. The highest BCUT2D eigenvalue weighted by Crippen LogP contribution is 2.27. The van der Waals surface area contributed by atoms with E-state index in [0.29, 0.717) is 0 Å². The lowest BCUT2D eigenvalue weighted by Gasteiger charge is -2.32. The second-order valence-corrected chi connectivity index (χ2v) is 2.84. The van der Waals surface area contributed by atoms with E-state index in [1.165, 1.54) is 18.2 Å². The standard InChI is InChI=1S/C8H12O4/c9-4-6-7(11)2-1-3-8(6,12)5-10/h1-3,6,9-12H,4-5H2. The molecule has 1 aliphatic carbocycles. The van der Waals surface area contributed by atoms with Gasteiger partial charge >= 0.3 is 0 Å². The SMILES string of the molecule is OCC1C(O)=CC=CC1(O)CO. The van der Waals surface area contributed by atoms with Crippen LogP contribution >= 0.6 is 0 Å². The fourth-order valence-corrected chi connectivity index (χ4v) is 1.22. The normalized spacial score (nSPS) is 34.9. The maximum absolute atomic E-state index is 9.61. The van der Waals surface area contributed by atoms with Crippen LogP contribution in [-0.4, -0.2) is 39.2 Å². The molecule has 0 fully saturated rings. The molecule has 0 bridgehead atoms. The largest absolute Gasteiger partial charge is 0.512 e. The van der Waals surface area contributed by atoms with E-state index in [1.54, 1.807) is 0 Å². The molecule has 1 rings (SSSR count). The quantitative estimate of drug-likeness (QED) is 0.445. The average molecular weight is 172 g/mol. The predicted octanol–water partition coefficient (Wildman–Crippen LogP) is -0.670. The van der Waals surface area contributed by atoms with Gasteiger partial charge in [0.1, 0.15) is 11.4 Å². The molecule has 2 unspecified atom stereocenters. The van der Waals surface area contributed by atoms with Gasteiger partial charge in [0.05, 0.1) is 19.1 Å². The van der Waals surface area contributed by atoms with Crippen molar-refractivity contribution < 1.29 is 20.4 Å². The molecule has 2 atom stereocenters. The molecule has 4 N–H and O–H groups in total. The number of hydrogen-bond donors (Lipinski definition) is 4. The average Bonchev–Trinajstić information content (AvgIpc) is 2.05. The van der Waals surface area contributed by atoms with Crippen molar-refractivity contribution in [3.63, 3.8) is 0 Å². The molecular formula is C8H12O4. The van der Waals surface area contributed by atoms with Crippen LogP contribution < -0.4 is 0 Å². The fraction of sp³-hybridized carbons (Fsp3) is 0.500. The zero-order chi connectivity index (χ0) is 9.19. The van der Waals surface area contributed by atoms with Crippen molar-refractivity contribution in [2.75, 3.05) is 13.2 Å². The predicted molar refractivity (Wildman–Crippen MR) is 42.5 cm³/mol. The molecule has 0 saturated carbocycles. The Balaban J connectivity index is 2.91. The van der Waals surface area contributed by atoms with Gasteiger partial charge in [-0.05, 0) is 12.2 Å². The Morgan fingerprint density at radius 2 is 2.08 bits per heavy atom. The highest BCUT2D eigenvalue weighted by molar-refractivity contribution is 5.25. The number of hydrogen-bond acceptors (Lipinski definition) is 4. The fourth-order valence-electron chi connectivity index (χ4n) is 1.22. The maximum Gasteiger partial charge on any atom is 0.118 e. The summed E-state index contributed by atoms with van der Waals surface area (Å²) in [5.74, 6) is -0.941. The van der Waals surface area contributed by atoms with Crippen molar-refractivity contribution in [2.24, 2.45) is 5.92 Å². The molecule has 1 aliphatic rings. The molecule has 0 amide bonds. The van der Waals surface area contributed by atoms with E-state index in [4.69, 9.17) is 10.2 Å². The Labute approximate surface area is 70.1 Å². The van der Waals surface area contributed by atoms with Crippen LogP contribution in [-0.2, 0) is 0 Å². The molecule has 4 nitrogen and oxygen atoms in total. The zero-order valence-electron chi connectivity index (χ0n) is 6.51. The van der Waals surface area contributed by atoms with Crippen molar-refractivity contribution in [3.05, 3.63) is 24.0 Å². The van der Waals surface area contributed by atoms with Gasteiger partial charge in [0.2, 0.25) is 0 Å². The lowest BCUT2D eigenvalue weighted by atomic mass is 9.83. The molecule has 0 spiro atoms. The summed E-state index contributed by atoms with van der Waals surface area (Å²) in [6, 6.07) is 0. The second kappa shape index (κ2) is 3.26. The van der Waals surface area contributed by atoms with Gasteiger partial charge in [-0.15, -0.1) is 0 Å². The van der Waals surface area contributed by atoms with Crippen LogP contribution in [0.3, 0.4) is 0 Å². The van der Waals surface area contributed by atoms with Crippen LogP contribution in [0.15, 0.2) is 24.0 Å². The molecule has 0 aromatic heterocycles. The Morgan fingerprint density at radius 3 is 2.50 bits per heavy atom. The first-order valence-corrected chi connectivity index (χ1v) is 3.66. The van der Waals surface area contributed by atoms with Crippen LogP contribution in [0.25, 0.3) is 0 Å². The van der Waals surface area contributed by atoms with Gasteiger partial charge in [-0.2, -0.15) is 0 Å². The van der Waals surface area contributed by atoms with Crippen LogP contribution in [0, 0.1) is 5.92 Å². The number of aliphatic hydroxyl groups excluding tert-OH is 3. The van der Waals surface area contributed by atoms with Crippen LogP contribution in [0.2, 0.25) is 0 Å². The summed E-state index contributed by atoms with van der Waals surface area (Å²) in [6.45, 7) is -0.920. The molecule has 0 aromatic carbocycles. The van der Waals surface area contributed by atoms with Gasteiger partial charge in [0.25, 0.3) is 0 Å². The Hall–Kier alpha value is -0.840. The first-order chi connectivity index (χ1) is 5.64. The van der Waals surface area contributed by atoms with Gasteiger partial charge in [-0.3, -0.25) is 0 Å². The van der Waals surface area contributed by atoms with E-state index in [-0.39, 0.29) is 5.76 Å². The van der Waals surface area contributed by atoms with E-state index in [2.05, 4.69) is 0 Å². The second-order valence-electron chi connectivity index (χ2n) is 2.84. The highest BCUT2D eigenvalue weighted by Gasteiger charge is 2.37. The minimum Gasteiger partial charge on any atom is -0.512 e. The van der Waals surface area contributed by atoms with E-state index < -0.39 is 24.7 Å². The Kier molecular flexibility index (Phi) is 2.52.